The highest BCUT2D eigenvalue weighted by Crippen LogP contribution is 2.21. The lowest BCUT2D eigenvalue weighted by Gasteiger charge is -2.33. The highest BCUT2D eigenvalue weighted by atomic mass is 35.5. The molecule has 0 spiro atoms. The van der Waals surface area contributed by atoms with E-state index in [1.54, 1.807) is 13.3 Å². The molecular weight excluding hydrogens is 290 g/mol. The Bertz CT molecular complexity index is 422. The molecule has 0 saturated carbocycles. The van der Waals surface area contributed by atoms with Crippen molar-refractivity contribution in [3.63, 3.8) is 0 Å². The van der Waals surface area contributed by atoms with E-state index in [1.165, 1.54) is 5.56 Å². The molecule has 1 aromatic rings. The Kier molecular flexibility index (Phi) is 7.64. The number of likely N-dealkylation sites (tertiary alicyclic amines) is 1. The number of carbonyl (C=O) groups is 1. The summed E-state index contributed by atoms with van der Waals surface area (Å²) in [6.07, 6.45) is 6.81. The molecule has 2 N–H and O–H groups in total. The summed E-state index contributed by atoms with van der Waals surface area (Å²) in [6.45, 7) is 1.87. The summed E-state index contributed by atoms with van der Waals surface area (Å²) >= 11 is 0. The number of nitrogens with zero attached hydrogens (tertiary/aromatic N) is 2. The lowest BCUT2D eigenvalue weighted by molar-refractivity contribution is -0.135. The van der Waals surface area contributed by atoms with Gasteiger partial charge in [0.15, 0.2) is 0 Å². The maximum absolute atomic E-state index is 12.1. The Labute approximate surface area is 132 Å². The summed E-state index contributed by atoms with van der Waals surface area (Å²) < 4.78 is 4.94. The predicted octanol–water partition coefficient (Wildman–Crippen LogP) is 1.26. The van der Waals surface area contributed by atoms with Gasteiger partial charge in [-0.05, 0) is 36.8 Å². The first-order valence-corrected chi connectivity index (χ1v) is 7.13. The van der Waals surface area contributed by atoms with E-state index in [1.807, 2.05) is 17.2 Å². The number of halogens is 1. The summed E-state index contributed by atoms with van der Waals surface area (Å²) in [5.74, 6) is 0.633. The molecule has 0 aliphatic carbocycles. The summed E-state index contributed by atoms with van der Waals surface area (Å²) in [5, 5.41) is 0. The molecule has 5 nitrogen and oxygen atoms in total. The van der Waals surface area contributed by atoms with E-state index >= 15 is 0 Å². The normalized spacial score (nSPS) is 17.1. The predicted molar refractivity (Wildman–Crippen MR) is 84.3 cm³/mol. The number of carbonyl (C=O) groups excluding carboxylic acids is 1. The monoisotopic (exact) mass is 313 g/mol. The lowest BCUT2D eigenvalue weighted by atomic mass is 9.90. The second-order valence-electron chi connectivity index (χ2n) is 5.40. The van der Waals surface area contributed by atoms with Crippen LogP contribution < -0.4 is 5.73 Å². The molecule has 0 radical (unpaired) electrons. The number of nitrogens with two attached hydrogens (primary N) is 1. The zero-order chi connectivity index (χ0) is 14.4. The van der Waals surface area contributed by atoms with E-state index in [0.29, 0.717) is 5.92 Å². The van der Waals surface area contributed by atoms with Crippen LogP contribution in [0.4, 0.5) is 0 Å². The Hall–Kier alpha value is -1.17. The standard InChI is InChI=1S/C15H23N3O2.ClH/c1-20-11-14(16)15(19)18-7-4-12(5-8-18)9-13-3-2-6-17-10-13;/h2-3,6,10,12,14H,4-5,7-9,11,16H2,1H3;1H. The fourth-order valence-electron chi connectivity index (χ4n) is 2.70. The van der Waals surface area contributed by atoms with Gasteiger partial charge in [-0.1, -0.05) is 6.07 Å². The van der Waals surface area contributed by atoms with E-state index in [-0.39, 0.29) is 24.9 Å². The third-order valence-corrected chi connectivity index (χ3v) is 3.84. The van der Waals surface area contributed by atoms with Gasteiger partial charge in [-0.2, -0.15) is 0 Å². The van der Waals surface area contributed by atoms with Gasteiger partial charge in [-0.3, -0.25) is 9.78 Å². The Morgan fingerprint density at radius 2 is 2.24 bits per heavy atom. The van der Waals surface area contributed by atoms with Gasteiger partial charge in [-0.15, -0.1) is 12.4 Å². The molecular formula is C15H24ClN3O2. The van der Waals surface area contributed by atoms with Crippen LogP contribution in [0.1, 0.15) is 18.4 Å². The fourth-order valence-corrected chi connectivity index (χ4v) is 2.70. The van der Waals surface area contributed by atoms with E-state index in [9.17, 15) is 4.79 Å². The molecule has 6 heteroatoms. The van der Waals surface area contributed by atoms with Crippen molar-refractivity contribution in [2.24, 2.45) is 11.7 Å². The van der Waals surface area contributed by atoms with E-state index < -0.39 is 6.04 Å². The summed E-state index contributed by atoms with van der Waals surface area (Å²) in [4.78, 5) is 18.1. The zero-order valence-corrected chi connectivity index (χ0v) is 13.2. The minimum absolute atomic E-state index is 0. The minimum atomic E-state index is -0.533. The molecule has 1 fully saturated rings. The Morgan fingerprint density at radius 3 is 2.81 bits per heavy atom. The van der Waals surface area contributed by atoms with Crippen molar-refractivity contribution in [1.82, 2.24) is 9.88 Å². The SMILES string of the molecule is COCC(N)C(=O)N1CCC(Cc2cccnc2)CC1.Cl. The first kappa shape index (κ1) is 17.9. The van der Waals surface area contributed by atoms with Gasteiger partial charge in [0.1, 0.15) is 6.04 Å². The highest BCUT2D eigenvalue weighted by molar-refractivity contribution is 5.85. The topological polar surface area (TPSA) is 68.5 Å². The molecule has 118 valence electrons. The number of pyridine rings is 1. The van der Waals surface area contributed by atoms with Crippen molar-refractivity contribution >= 4 is 18.3 Å². The maximum Gasteiger partial charge on any atom is 0.241 e. The molecule has 1 amide bonds. The van der Waals surface area contributed by atoms with Crippen LogP contribution in [0.15, 0.2) is 24.5 Å². The Morgan fingerprint density at radius 1 is 1.52 bits per heavy atom. The average Bonchev–Trinajstić information content (AvgIpc) is 2.48. The van der Waals surface area contributed by atoms with Crippen LogP contribution >= 0.6 is 12.4 Å². The number of rotatable bonds is 5. The molecule has 2 heterocycles. The second kappa shape index (κ2) is 8.97. The molecule has 1 aromatic heterocycles. The van der Waals surface area contributed by atoms with Gasteiger partial charge >= 0.3 is 0 Å². The van der Waals surface area contributed by atoms with Crippen LogP contribution in [-0.4, -0.2) is 48.6 Å². The largest absolute Gasteiger partial charge is 0.383 e. The lowest BCUT2D eigenvalue weighted by Crippen LogP contribution is -2.49. The molecule has 1 atom stereocenters. The van der Waals surface area contributed by atoms with Crippen LogP contribution in [0.3, 0.4) is 0 Å². The number of hydrogen-bond acceptors (Lipinski definition) is 4. The summed E-state index contributed by atoms with van der Waals surface area (Å²) in [7, 11) is 1.56. The number of ether oxygens (including phenoxy) is 1. The van der Waals surface area contributed by atoms with Gasteiger partial charge < -0.3 is 15.4 Å². The average molecular weight is 314 g/mol. The number of methoxy groups -OCH3 is 1. The van der Waals surface area contributed by atoms with E-state index in [2.05, 4.69) is 11.1 Å². The molecule has 0 aromatic carbocycles. The molecule has 1 aliphatic rings. The molecule has 1 aliphatic heterocycles. The number of piperidine rings is 1. The van der Waals surface area contributed by atoms with Crippen LogP contribution in [-0.2, 0) is 16.0 Å². The van der Waals surface area contributed by atoms with Crippen LogP contribution in [0.5, 0.6) is 0 Å². The molecule has 1 saturated heterocycles. The quantitative estimate of drug-likeness (QED) is 0.888. The molecule has 21 heavy (non-hydrogen) atoms. The first-order chi connectivity index (χ1) is 9.70. The van der Waals surface area contributed by atoms with E-state index in [4.69, 9.17) is 10.5 Å². The van der Waals surface area contributed by atoms with Gasteiger partial charge in [-0.25, -0.2) is 0 Å². The zero-order valence-electron chi connectivity index (χ0n) is 12.4. The van der Waals surface area contributed by atoms with Crippen molar-refractivity contribution in [2.75, 3.05) is 26.8 Å². The molecule has 1 unspecified atom stereocenters. The summed E-state index contributed by atoms with van der Waals surface area (Å²) in [6, 6.07) is 3.55. The van der Waals surface area contributed by atoms with E-state index in [0.717, 1.165) is 32.4 Å². The molecule has 2 rings (SSSR count). The maximum atomic E-state index is 12.1. The van der Waals surface area contributed by atoms with Crippen molar-refractivity contribution < 1.29 is 9.53 Å². The highest BCUT2D eigenvalue weighted by Gasteiger charge is 2.26. The molecule has 0 bridgehead atoms. The first-order valence-electron chi connectivity index (χ1n) is 7.13. The van der Waals surface area contributed by atoms with Crippen LogP contribution in [0.25, 0.3) is 0 Å². The van der Waals surface area contributed by atoms with Crippen molar-refractivity contribution in [2.45, 2.75) is 25.3 Å². The summed E-state index contributed by atoms with van der Waals surface area (Å²) in [5.41, 5.74) is 7.06. The van der Waals surface area contributed by atoms with Gasteiger partial charge in [0, 0.05) is 32.6 Å². The second-order valence-corrected chi connectivity index (χ2v) is 5.40. The third kappa shape index (κ3) is 5.26. The number of aromatic nitrogens is 1. The fraction of sp³-hybridized carbons (Fsp3) is 0.600. The minimum Gasteiger partial charge on any atom is -0.383 e. The smallest absolute Gasteiger partial charge is 0.241 e. The van der Waals surface area contributed by atoms with Crippen molar-refractivity contribution in [3.05, 3.63) is 30.1 Å². The third-order valence-electron chi connectivity index (χ3n) is 3.84. The van der Waals surface area contributed by atoms with Crippen molar-refractivity contribution in [3.8, 4) is 0 Å². The van der Waals surface area contributed by atoms with Crippen molar-refractivity contribution in [1.29, 1.82) is 0 Å². The van der Waals surface area contributed by atoms with Gasteiger partial charge in [0.05, 0.1) is 6.61 Å². The van der Waals surface area contributed by atoms with Gasteiger partial charge in [0.25, 0.3) is 0 Å². The Balaban J connectivity index is 0.00000220. The van der Waals surface area contributed by atoms with Crippen LogP contribution in [0.2, 0.25) is 0 Å². The van der Waals surface area contributed by atoms with Crippen LogP contribution in [0, 0.1) is 5.92 Å². The van der Waals surface area contributed by atoms with Gasteiger partial charge in [0.2, 0.25) is 5.91 Å². The number of hydrogen-bond donors (Lipinski definition) is 1. The number of amides is 1.